The number of ketones is 1. The van der Waals surface area contributed by atoms with Crippen molar-refractivity contribution in [1.29, 1.82) is 0 Å². The van der Waals surface area contributed by atoms with E-state index in [-0.39, 0.29) is 30.1 Å². The normalized spacial score (nSPS) is 17.2. The van der Waals surface area contributed by atoms with Crippen molar-refractivity contribution in [3.8, 4) is 0 Å². The molecule has 0 saturated carbocycles. The molecule has 2 aromatic carbocycles. The van der Waals surface area contributed by atoms with E-state index in [4.69, 9.17) is 16.3 Å². The van der Waals surface area contributed by atoms with Gasteiger partial charge >= 0.3 is 6.09 Å². The molecule has 3 rings (SSSR count). The molecule has 0 fully saturated rings. The highest BCUT2D eigenvalue weighted by molar-refractivity contribution is 7.91. The molecule has 1 heterocycles. The Kier molecular flexibility index (Phi) is 8.34. The molecule has 0 spiro atoms. The third-order valence-corrected chi connectivity index (χ3v) is 7.48. The molecule has 1 N–H and O–H groups in total. The highest BCUT2D eigenvalue weighted by Crippen LogP contribution is 2.35. The number of alkyl carbamates (subject to hydrolysis) is 1. The maximum atomic E-state index is 15.0. The second-order valence-corrected chi connectivity index (χ2v) is 12.8. The maximum absolute atomic E-state index is 15.0. The van der Waals surface area contributed by atoms with Crippen LogP contribution in [0.5, 0.6) is 0 Å². The highest BCUT2D eigenvalue weighted by Gasteiger charge is 2.40. The summed E-state index contributed by atoms with van der Waals surface area (Å²) in [4.78, 5) is 39.6. The molecular formula is C26H30ClFN2O6S. The molecule has 1 aliphatic rings. The number of hydrogen-bond donors (Lipinski definition) is 1. The molecule has 0 bridgehead atoms. The van der Waals surface area contributed by atoms with Gasteiger partial charge < -0.3 is 15.0 Å². The summed E-state index contributed by atoms with van der Waals surface area (Å²) in [5, 5.41) is 2.81. The zero-order chi connectivity index (χ0) is 27.7. The summed E-state index contributed by atoms with van der Waals surface area (Å²) in [5.74, 6) is -3.14. The van der Waals surface area contributed by atoms with Gasteiger partial charge in [0.2, 0.25) is 0 Å². The number of nitrogens with zero attached hydrogens (tertiary/aromatic N) is 1. The number of ether oxygens (including phenoxy) is 1. The number of carbonyl (C=O) groups excluding carboxylic acids is 3. The minimum Gasteiger partial charge on any atom is -0.444 e. The van der Waals surface area contributed by atoms with Crippen LogP contribution in [-0.4, -0.2) is 43.6 Å². The van der Waals surface area contributed by atoms with Crippen molar-refractivity contribution in [2.24, 2.45) is 5.92 Å². The molecule has 8 nitrogen and oxygen atoms in total. The first kappa shape index (κ1) is 28.6. The summed E-state index contributed by atoms with van der Waals surface area (Å²) in [5.41, 5.74) is -0.743. The summed E-state index contributed by atoms with van der Waals surface area (Å²) >= 11 is 5.97. The molecule has 200 valence electrons. The topological polar surface area (TPSA) is 110 Å². The number of sulfone groups is 1. The molecule has 1 aliphatic heterocycles. The number of benzene rings is 2. The molecule has 0 unspecified atom stereocenters. The van der Waals surface area contributed by atoms with E-state index < -0.39 is 55.7 Å². The molecular weight excluding hydrogens is 523 g/mol. The van der Waals surface area contributed by atoms with Crippen LogP contribution < -0.4 is 10.2 Å². The first-order chi connectivity index (χ1) is 17.1. The Balaban J connectivity index is 2.15. The Hall–Kier alpha value is -2.98. The Morgan fingerprint density at radius 3 is 2.38 bits per heavy atom. The van der Waals surface area contributed by atoms with Gasteiger partial charge in [-0.3, -0.25) is 9.59 Å². The number of Topliss-reactive ketones (excluding diaryl/α,β-unsaturated/α-hetero) is 1. The van der Waals surface area contributed by atoms with Crippen LogP contribution in [0.15, 0.2) is 41.3 Å². The van der Waals surface area contributed by atoms with E-state index in [2.05, 4.69) is 5.32 Å². The number of rotatable bonds is 6. The Bertz CT molecular complexity index is 1320. The van der Waals surface area contributed by atoms with E-state index in [1.54, 1.807) is 58.9 Å². The number of nitrogens with one attached hydrogen (secondary N) is 1. The monoisotopic (exact) mass is 552 g/mol. The van der Waals surface area contributed by atoms with Crippen LogP contribution >= 0.6 is 11.6 Å². The Morgan fingerprint density at radius 1 is 1.19 bits per heavy atom. The van der Waals surface area contributed by atoms with Crippen molar-refractivity contribution in [2.75, 3.05) is 10.7 Å². The largest absolute Gasteiger partial charge is 0.444 e. The van der Waals surface area contributed by atoms with Crippen LogP contribution in [0.1, 0.15) is 57.0 Å². The van der Waals surface area contributed by atoms with E-state index in [9.17, 15) is 22.8 Å². The fraction of sp³-hybridized carbons (Fsp3) is 0.423. The standard InChI is InChI=1S/C26H30ClFN2O6S/c1-15(2)10-22(31)18-11-21-23(12-19(18)28)37(34,35)14-20(29-25(33)36-26(3,4)5)24(32)30(21)13-16-6-8-17(27)9-7-16/h6-9,11-12,15,20H,10,13-14H2,1-5H3,(H,29,33)/t20-/m0/s1. The number of amides is 2. The minimum atomic E-state index is -4.28. The van der Waals surface area contributed by atoms with Crippen molar-refractivity contribution in [3.05, 3.63) is 58.4 Å². The van der Waals surface area contributed by atoms with Gasteiger partial charge in [-0.2, -0.15) is 0 Å². The molecule has 11 heteroatoms. The van der Waals surface area contributed by atoms with Crippen molar-refractivity contribution in [3.63, 3.8) is 0 Å². The zero-order valence-electron chi connectivity index (χ0n) is 21.3. The Labute approximate surface area is 221 Å². The smallest absolute Gasteiger partial charge is 0.408 e. The molecule has 2 aromatic rings. The fourth-order valence-electron chi connectivity index (χ4n) is 3.87. The van der Waals surface area contributed by atoms with Gasteiger partial charge in [0.15, 0.2) is 15.6 Å². The lowest BCUT2D eigenvalue weighted by Crippen LogP contribution is -2.51. The van der Waals surface area contributed by atoms with Crippen LogP contribution in [0.2, 0.25) is 5.02 Å². The molecule has 2 amide bonds. The first-order valence-corrected chi connectivity index (χ1v) is 13.8. The number of anilines is 1. The zero-order valence-corrected chi connectivity index (χ0v) is 22.9. The van der Waals surface area contributed by atoms with Crippen LogP contribution in [0.3, 0.4) is 0 Å². The summed E-state index contributed by atoms with van der Waals surface area (Å²) in [6.07, 6.45) is -0.936. The predicted octanol–water partition coefficient (Wildman–Crippen LogP) is 4.92. The van der Waals surface area contributed by atoms with Crippen molar-refractivity contribution in [1.82, 2.24) is 5.32 Å². The van der Waals surface area contributed by atoms with E-state index in [0.717, 1.165) is 17.0 Å². The van der Waals surface area contributed by atoms with E-state index in [1.807, 2.05) is 0 Å². The lowest BCUT2D eigenvalue weighted by Gasteiger charge is -2.27. The predicted molar refractivity (Wildman–Crippen MR) is 138 cm³/mol. The average molecular weight is 553 g/mol. The molecule has 0 radical (unpaired) electrons. The van der Waals surface area contributed by atoms with Gasteiger partial charge in [-0.05, 0) is 56.5 Å². The number of hydrogen-bond acceptors (Lipinski definition) is 6. The van der Waals surface area contributed by atoms with Crippen LogP contribution in [0, 0.1) is 11.7 Å². The van der Waals surface area contributed by atoms with Gasteiger partial charge in [0.05, 0.1) is 28.4 Å². The molecule has 1 atom stereocenters. The van der Waals surface area contributed by atoms with Gasteiger partial charge in [0.25, 0.3) is 5.91 Å². The summed E-state index contributed by atoms with van der Waals surface area (Å²) in [7, 11) is -4.28. The first-order valence-electron chi connectivity index (χ1n) is 11.7. The fourth-order valence-corrected chi connectivity index (χ4v) is 5.62. The molecule has 0 aliphatic carbocycles. The third-order valence-electron chi connectivity index (χ3n) is 5.46. The maximum Gasteiger partial charge on any atom is 0.408 e. The van der Waals surface area contributed by atoms with E-state index >= 15 is 4.39 Å². The average Bonchev–Trinajstić information content (AvgIpc) is 2.82. The van der Waals surface area contributed by atoms with Gasteiger partial charge in [-0.25, -0.2) is 17.6 Å². The molecule has 37 heavy (non-hydrogen) atoms. The highest BCUT2D eigenvalue weighted by atomic mass is 35.5. The number of carbonyl (C=O) groups is 3. The molecule has 0 aromatic heterocycles. The van der Waals surface area contributed by atoms with Crippen molar-refractivity contribution >= 4 is 44.9 Å². The number of halogens is 2. The third kappa shape index (κ3) is 7.07. The van der Waals surface area contributed by atoms with Gasteiger partial charge in [0, 0.05) is 11.4 Å². The summed E-state index contributed by atoms with van der Waals surface area (Å²) < 4.78 is 46.9. The Morgan fingerprint density at radius 2 is 1.81 bits per heavy atom. The van der Waals surface area contributed by atoms with Crippen LogP contribution in [0.25, 0.3) is 0 Å². The van der Waals surface area contributed by atoms with E-state index in [1.165, 1.54) is 0 Å². The quantitative estimate of drug-likeness (QED) is 0.509. The lowest BCUT2D eigenvalue weighted by atomic mass is 10.00. The molecule has 0 saturated heterocycles. The van der Waals surface area contributed by atoms with Gasteiger partial charge in [-0.15, -0.1) is 0 Å². The van der Waals surface area contributed by atoms with Crippen molar-refractivity contribution < 1.29 is 31.9 Å². The summed E-state index contributed by atoms with van der Waals surface area (Å²) in [6.45, 7) is 8.35. The number of fused-ring (bicyclic) bond motifs is 1. The second kappa shape index (κ2) is 10.8. The summed E-state index contributed by atoms with van der Waals surface area (Å²) in [6, 6.07) is 6.88. The minimum absolute atomic E-state index is 0.0381. The second-order valence-electron chi connectivity index (χ2n) is 10.4. The van der Waals surface area contributed by atoms with Crippen LogP contribution in [0.4, 0.5) is 14.9 Å². The van der Waals surface area contributed by atoms with Crippen molar-refractivity contribution in [2.45, 2.75) is 64.1 Å². The van der Waals surface area contributed by atoms with Gasteiger partial charge in [-0.1, -0.05) is 37.6 Å². The lowest BCUT2D eigenvalue weighted by molar-refractivity contribution is -0.120. The van der Waals surface area contributed by atoms with Gasteiger partial charge in [0.1, 0.15) is 17.5 Å². The SMILES string of the molecule is CC(C)CC(=O)c1cc2c(cc1F)S(=O)(=O)C[C@H](NC(=O)OC(C)(C)C)C(=O)N2Cc1ccc(Cl)cc1. The van der Waals surface area contributed by atoms with E-state index in [0.29, 0.717) is 10.6 Å². The van der Waals surface area contributed by atoms with Crippen LogP contribution in [-0.2, 0) is 25.9 Å².